The van der Waals surface area contributed by atoms with Crippen molar-refractivity contribution in [1.82, 2.24) is 4.90 Å². The molecule has 0 aromatic heterocycles. The average molecular weight is 272 g/mol. The summed E-state index contributed by atoms with van der Waals surface area (Å²) >= 11 is 0. The molecule has 0 amide bonds. The number of hydrogen-bond acceptors (Lipinski definition) is 2. The molecule has 0 atom stereocenters. The van der Waals surface area contributed by atoms with Crippen molar-refractivity contribution in [3.05, 3.63) is 29.8 Å². The van der Waals surface area contributed by atoms with E-state index in [1.54, 1.807) is 0 Å². The molecule has 2 aliphatic rings. The highest BCUT2D eigenvalue weighted by atomic mass is 15.2. The van der Waals surface area contributed by atoms with Crippen LogP contribution >= 0.6 is 0 Å². The fourth-order valence-corrected chi connectivity index (χ4v) is 3.86. The maximum Gasteiger partial charge on any atom is 0.0314 e. The van der Waals surface area contributed by atoms with E-state index in [0.29, 0.717) is 5.41 Å². The summed E-state index contributed by atoms with van der Waals surface area (Å²) in [6.07, 6.45) is 9.81. The van der Waals surface area contributed by atoms with Gasteiger partial charge in [-0.2, -0.15) is 0 Å². The molecule has 20 heavy (non-hydrogen) atoms. The zero-order valence-corrected chi connectivity index (χ0v) is 12.8. The van der Waals surface area contributed by atoms with Gasteiger partial charge in [0, 0.05) is 23.7 Å². The topological polar surface area (TPSA) is 29.3 Å². The average Bonchev–Trinajstić information content (AvgIpc) is 3.27. The predicted octanol–water partition coefficient (Wildman–Crippen LogP) is 3.96. The lowest BCUT2D eigenvalue weighted by atomic mass is 9.90. The van der Waals surface area contributed by atoms with E-state index in [9.17, 15) is 0 Å². The first-order chi connectivity index (χ1) is 9.73. The van der Waals surface area contributed by atoms with Gasteiger partial charge in [-0.1, -0.05) is 38.3 Å². The first-order valence-corrected chi connectivity index (χ1v) is 8.33. The number of anilines is 1. The summed E-state index contributed by atoms with van der Waals surface area (Å²) in [7, 11) is 0. The Balaban J connectivity index is 1.69. The summed E-state index contributed by atoms with van der Waals surface area (Å²) in [6, 6.07) is 9.45. The maximum atomic E-state index is 5.82. The molecular weight excluding hydrogens is 244 g/mol. The third-order valence-corrected chi connectivity index (χ3v) is 5.38. The molecule has 0 aliphatic heterocycles. The van der Waals surface area contributed by atoms with Crippen LogP contribution in [0.4, 0.5) is 5.69 Å². The first-order valence-electron chi connectivity index (χ1n) is 8.33. The van der Waals surface area contributed by atoms with Gasteiger partial charge in [-0.25, -0.2) is 0 Å². The molecule has 110 valence electrons. The zero-order valence-electron chi connectivity index (χ0n) is 12.8. The van der Waals surface area contributed by atoms with E-state index in [-0.39, 0.29) is 0 Å². The van der Waals surface area contributed by atoms with E-state index in [2.05, 4.69) is 36.1 Å². The second-order valence-corrected chi connectivity index (χ2v) is 6.76. The standard InChI is InChI=1S/C18H28N2/c1-2-20(17-6-4-3-5-7-17)14-18(12-13-18)15-8-10-16(19)11-9-15/h8-11,17H,2-7,12-14,19H2,1H3. The van der Waals surface area contributed by atoms with Gasteiger partial charge in [-0.3, -0.25) is 4.90 Å². The van der Waals surface area contributed by atoms with Gasteiger partial charge in [0.2, 0.25) is 0 Å². The van der Waals surface area contributed by atoms with E-state index in [1.165, 1.54) is 63.6 Å². The minimum absolute atomic E-state index is 0.432. The first kappa shape index (κ1) is 13.9. The summed E-state index contributed by atoms with van der Waals surface area (Å²) in [5.41, 5.74) is 8.64. The highest BCUT2D eigenvalue weighted by molar-refractivity contribution is 5.43. The van der Waals surface area contributed by atoms with Crippen molar-refractivity contribution in [2.45, 2.75) is 63.3 Å². The predicted molar refractivity (Wildman–Crippen MR) is 85.9 cm³/mol. The minimum atomic E-state index is 0.432. The van der Waals surface area contributed by atoms with E-state index in [1.807, 2.05) is 0 Å². The molecule has 1 aromatic rings. The molecule has 2 aliphatic carbocycles. The Bertz CT molecular complexity index is 427. The third-order valence-electron chi connectivity index (χ3n) is 5.38. The van der Waals surface area contributed by atoms with Crippen molar-refractivity contribution in [2.24, 2.45) is 0 Å². The SMILES string of the molecule is CCN(CC1(c2ccc(N)cc2)CC1)C1CCCCC1. The molecule has 0 bridgehead atoms. The van der Waals surface area contributed by atoms with Crippen molar-refractivity contribution in [3.63, 3.8) is 0 Å². The van der Waals surface area contributed by atoms with Gasteiger partial charge in [-0.15, -0.1) is 0 Å². The Morgan fingerprint density at radius 2 is 1.75 bits per heavy atom. The van der Waals surface area contributed by atoms with Crippen LogP contribution in [0.15, 0.2) is 24.3 Å². The summed E-state index contributed by atoms with van der Waals surface area (Å²) in [4.78, 5) is 2.75. The van der Waals surface area contributed by atoms with Crippen LogP contribution in [0.2, 0.25) is 0 Å². The highest BCUT2D eigenvalue weighted by Gasteiger charge is 2.45. The van der Waals surface area contributed by atoms with Crippen molar-refractivity contribution in [3.8, 4) is 0 Å². The molecule has 2 nitrogen and oxygen atoms in total. The number of nitrogens with two attached hydrogens (primary N) is 1. The van der Waals surface area contributed by atoms with Crippen LogP contribution in [0.25, 0.3) is 0 Å². The summed E-state index contributed by atoms with van der Waals surface area (Å²) in [5, 5.41) is 0. The summed E-state index contributed by atoms with van der Waals surface area (Å²) in [5.74, 6) is 0. The molecule has 2 fully saturated rings. The number of nitrogen functional groups attached to an aromatic ring is 1. The van der Waals surface area contributed by atoms with Gasteiger partial charge in [0.1, 0.15) is 0 Å². The van der Waals surface area contributed by atoms with Crippen LogP contribution in [0.1, 0.15) is 57.4 Å². The highest BCUT2D eigenvalue weighted by Crippen LogP contribution is 2.49. The Labute approximate surface area is 123 Å². The fourth-order valence-electron chi connectivity index (χ4n) is 3.86. The second-order valence-electron chi connectivity index (χ2n) is 6.76. The van der Waals surface area contributed by atoms with Crippen LogP contribution in [-0.4, -0.2) is 24.0 Å². The second kappa shape index (κ2) is 5.77. The maximum absolute atomic E-state index is 5.82. The lowest BCUT2D eigenvalue weighted by molar-refractivity contribution is 0.150. The lowest BCUT2D eigenvalue weighted by Gasteiger charge is -2.36. The number of nitrogens with zero attached hydrogens (tertiary/aromatic N) is 1. The number of hydrogen-bond donors (Lipinski definition) is 1. The molecule has 0 saturated heterocycles. The van der Waals surface area contributed by atoms with Gasteiger partial charge in [0.15, 0.2) is 0 Å². The van der Waals surface area contributed by atoms with Crippen molar-refractivity contribution >= 4 is 5.69 Å². The molecule has 0 spiro atoms. The third kappa shape index (κ3) is 2.85. The Hall–Kier alpha value is -1.02. The number of likely N-dealkylation sites (N-methyl/N-ethyl adjacent to an activating group) is 1. The van der Waals surface area contributed by atoms with E-state index in [4.69, 9.17) is 5.73 Å². The van der Waals surface area contributed by atoms with Crippen molar-refractivity contribution in [1.29, 1.82) is 0 Å². The largest absolute Gasteiger partial charge is 0.399 e. The van der Waals surface area contributed by atoms with Crippen LogP contribution in [0.3, 0.4) is 0 Å². The molecule has 0 radical (unpaired) electrons. The summed E-state index contributed by atoms with van der Waals surface area (Å²) in [6.45, 7) is 4.77. The molecule has 3 rings (SSSR count). The van der Waals surface area contributed by atoms with E-state index < -0.39 is 0 Å². The Kier molecular flexibility index (Phi) is 4.02. The molecular formula is C18H28N2. The molecule has 0 heterocycles. The fraction of sp³-hybridized carbons (Fsp3) is 0.667. The molecule has 1 aromatic carbocycles. The molecule has 2 heteroatoms. The van der Waals surface area contributed by atoms with Gasteiger partial charge in [0.25, 0.3) is 0 Å². The number of benzene rings is 1. The molecule has 2 N–H and O–H groups in total. The molecule has 2 saturated carbocycles. The van der Waals surface area contributed by atoms with E-state index >= 15 is 0 Å². The lowest BCUT2D eigenvalue weighted by Crippen LogP contribution is -2.41. The van der Waals surface area contributed by atoms with E-state index in [0.717, 1.165) is 11.7 Å². The van der Waals surface area contributed by atoms with Crippen LogP contribution in [0, 0.1) is 0 Å². The summed E-state index contributed by atoms with van der Waals surface area (Å²) < 4.78 is 0. The quantitative estimate of drug-likeness (QED) is 0.822. The molecule has 0 unspecified atom stereocenters. The van der Waals surface area contributed by atoms with Crippen LogP contribution in [0.5, 0.6) is 0 Å². The van der Waals surface area contributed by atoms with Crippen molar-refractivity contribution in [2.75, 3.05) is 18.8 Å². The zero-order chi connectivity index (χ0) is 14.0. The van der Waals surface area contributed by atoms with Crippen LogP contribution in [-0.2, 0) is 5.41 Å². The Morgan fingerprint density at radius 3 is 2.30 bits per heavy atom. The normalized spacial score (nSPS) is 22.1. The van der Waals surface area contributed by atoms with Gasteiger partial charge < -0.3 is 5.73 Å². The van der Waals surface area contributed by atoms with Gasteiger partial charge in [-0.05, 0) is 49.9 Å². The van der Waals surface area contributed by atoms with Gasteiger partial charge >= 0.3 is 0 Å². The minimum Gasteiger partial charge on any atom is -0.399 e. The van der Waals surface area contributed by atoms with Crippen LogP contribution < -0.4 is 5.73 Å². The monoisotopic (exact) mass is 272 g/mol. The van der Waals surface area contributed by atoms with Gasteiger partial charge in [0.05, 0.1) is 0 Å². The van der Waals surface area contributed by atoms with Crippen molar-refractivity contribution < 1.29 is 0 Å². The Morgan fingerprint density at radius 1 is 1.10 bits per heavy atom. The number of rotatable bonds is 5. The smallest absolute Gasteiger partial charge is 0.0314 e.